The van der Waals surface area contributed by atoms with E-state index in [4.69, 9.17) is 0 Å². The van der Waals surface area contributed by atoms with Crippen molar-refractivity contribution in [1.29, 1.82) is 0 Å². The first kappa shape index (κ1) is 15.7. The van der Waals surface area contributed by atoms with Crippen LogP contribution in [-0.4, -0.2) is 13.1 Å². The fraction of sp³-hybridized carbons (Fsp3) is 0.312. The van der Waals surface area contributed by atoms with E-state index in [0.717, 1.165) is 12.1 Å². The van der Waals surface area contributed by atoms with Gasteiger partial charge in [-0.1, -0.05) is 6.07 Å². The Morgan fingerprint density at radius 1 is 1.29 bits per heavy atom. The molecule has 0 atom stereocenters. The maximum absolute atomic E-state index is 13.8. The van der Waals surface area contributed by atoms with Crippen molar-refractivity contribution in [3.8, 4) is 0 Å². The summed E-state index contributed by atoms with van der Waals surface area (Å²) in [6, 6.07) is 6.71. The fourth-order valence-corrected chi connectivity index (χ4v) is 3.03. The summed E-state index contributed by atoms with van der Waals surface area (Å²) in [6.45, 7) is 5.49. The van der Waals surface area contributed by atoms with Gasteiger partial charge in [-0.3, -0.25) is 0 Å². The normalized spacial score (nSPS) is 10.7. The number of nitrogens with one attached hydrogen (secondary N) is 1. The summed E-state index contributed by atoms with van der Waals surface area (Å²) in [5.74, 6) is -1.21. The van der Waals surface area contributed by atoms with Crippen LogP contribution in [0.5, 0.6) is 0 Å². The van der Waals surface area contributed by atoms with Crippen LogP contribution in [0.15, 0.2) is 24.3 Å². The van der Waals surface area contributed by atoms with E-state index in [1.54, 1.807) is 17.4 Å². The van der Waals surface area contributed by atoms with Gasteiger partial charge in [0.15, 0.2) is 0 Å². The van der Waals surface area contributed by atoms with Crippen molar-refractivity contribution in [3.05, 3.63) is 56.5 Å². The first-order chi connectivity index (χ1) is 10.0. The molecule has 3 nitrogen and oxygen atoms in total. The molecule has 1 aromatic heterocycles. The van der Waals surface area contributed by atoms with Crippen LogP contribution in [0.25, 0.3) is 0 Å². The summed E-state index contributed by atoms with van der Waals surface area (Å²) in [5.41, 5.74) is 2.06. The Morgan fingerprint density at radius 3 is 2.62 bits per heavy atom. The number of carbonyl (C=O) groups is 1. The highest BCUT2D eigenvalue weighted by molar-refractivity contribution is 7.12. The minimum Gasteiger partial charge on any atom is -0.465 e. The maximum Gasteiger partial charge on any atom is 0.340 e. The molecule has 21 heavy (non-hydrogen) atoms. The minimum atomic E-state index is -0.656. The Hall–Kier alpha value is -1.72. The van der Waals surface area contributed by atoms with Gasteiger partial charge in [0.25, 0.3) is 0 Å². The van der Waals surface area contributed by atoms with E-state index in [1.807, 2.05) is 0 Å². The van der Waals surface area contributed by atoms with Crippen molar-refractivity contribution < 1.29 is 13.9 Å². The van der Waals surface area contributed by atoms with Crippen LogP contribution in [0.2, 0.25) is 0 Å². The van der Waals surface area contributed by atoms with E-state index in [2.05, 4.69) is 30.0 Å². The molecule has 0 radical (unpaired) electrons. The lowest BCUT2D eigenvalue weighted by atomic mass is 10.1. The molecule has 1 N–H and O–H groups in total. The van der Waals surface area contributed by atoms with Crippen molar-refractivity contribution in [2.45, 2.75) is 26.9 Å². The number of esters is 1. The number of methoxy groups -OCH3 is 1. The molecule has 0 aliphatic rings. The molecular formula is C16H18FNO2S. The van der Waals surface area contributed by atoms with Gasteiger partial charge in [0.05, 0.1) is 12.7 Å². The number of benzene rings is 1. The zero-order valence-corrected chi connectivity index (χ0v) is 13.1. The van der Waals surface area contributed by atoms with E-state index >= 15 is 0 Å². The molecule has 0 amide bonds. The van der Waals surface area contributed by atoms with Gasteiger partial charge in [0.1, 0.15) is 5.82 Å². The maximum atomic E-state index is 13.8. The average molecular weight is 307 g/mol. The Morgan fingerprint density at radius 2 is 2.05 bits per heavy atom. The van der Waals surface area contributed by atoms with Crippen LogP contribution in [0.3, 0.4) is 0 Å². The Balaban J connectivity index is 1.94. The number of aryl methyl sites for hydroxylation is 2. The van der Waals surface area contributed by atoms with E-state index in [9.17, 15) is 9.18 Å². The molecule has 0 saturated carbocycles. The summed E-state index contributed by atoms with van der Waals surface area (Å²) >= 11 is 1.76. The molecule has 5 heteroatoms. The molecule has 0 aliphatic heterocycles. The van der Waals surface area contributed by atoms with Crippen LogP contribution in [0, 0.1) is 19.7 Å². The average Bonchev–Trinajstić information content (AvgIpc) is 2.77. The highest BCUT2D eigenvalue weighted by Gasteiger charge is 2.12. The van der Waals surface area contributed by atoms with Gasteiger partial charge < -0.3 is 10.1 Å². The largest absolute Gasteiger partial charge is 0.465 e. The highest BCUT2D eigenvalue weighted by atomic mass is 32.1. The minimum absolute atomic E-state index is 0.0363. The number of hydrogen-bond donors (Lipinski definition) is 1. The van der Waals surface area contributed by atoms with E-state index in [-0.39, 0.29) is 5.56 Å². The van der Waals surface area contributed by atoms with Crippen molar-refractivity contribution in [1.82, 2.24) is 5.32 Å². The molecule has 112 valence electrons. The number of hydrogen-bond acceptors (Lipinski definition) is 4. The van der Waals surface area contributed by atoms with Gasteiger partial charge in [-0.15, -0.1) is 11.3 Å². The van der Waals surface area contributed by atoms with Gasteiger partial charge in [-0.25, -0.2) is 9.18 Å². The number of carbonyl (C=O) groups excluding carboxylic acids is 1. The zero-order chi connectivity index (χ0) is 15.4. The summed E-state index contributed by atoms with van der Waals surface area (Å²) < 4.78 is 18.3. The monoisotopic (exact) mass is 307 g/mol. The summed E-state index contributed by atoms with van der Waals surface area (Å²) in [6.07, 6.45) is 0. The predicted molar refractivity (Wildman–Crippen MR) is 82.1 cm³/mol. The number of ether oxygens (including phenoxy) is 1. The molecule has 2 rings (SSSR count). The Bertz CT molecular complexity index is 632. The SMILES string of the molecule is COC(=O)c1ccc(CNCc2cc(C)c(C)s2)cc1F. The molecule has 0 unspecified atom stereocenters. The quantitative estimate of drug-likeness (QED) is 0.858. The lowest BCUT2D eigenvalue weighted by molar-refractivity contribution is 0.0595. The van der Waals surface area contributed by atoms with Crippen LogP contribution in [0.1, 0.15) is 31.2 Å². The lowest BCUT2D eigenvalue weighted by Gasteiger charge is -2.06. The van der Waals surface area contributed by atoms with Crippen LogP contribution >= 0.6 is 11.3 Å². The second-order valence-electron chi connectivity index (χ2n) is 4.86. The number of rotatable bonds is 5. The van der Waals surface area contributed by atoms with Gasteiger partial charge in [-0.05, 0) is 43.2 Å². The van der Waals surface area contributed by atoms with Gasteiger partial charge in [0.2, 0.25) is 0 Å². The Labute approximate surface area is 127 Å². The number of thiophene rings is 1. The molecule has 0 aliphatic carbocycles. The topological polar surface area (TPSA) is 38.3 Å². The van der Waals surface area contributed by atoms with Crippen molar-refractivity contribution in [2.24, 2.45) is 0 Å². The van der Waals surface area contributed by atoms with Gasteiger partial charge >= 0.3 is 5.97 Å². The van der Waals surface area contributed by atoms with Gasteiger partial charge in [-0.2, -0.15) is 0 Å². The molecule has 1 heterocycles. The van der Waals surface area contributed by atoms with Crippen molar-refractivity contribution >= 4 is 17.3 Å². The lowest BCUT2D eigenvalue weighted by Crippen LogP contribution is -2.12. The first-order valence-electron chi connectivity index (χ1n) is 6.64. The molecule has 0 bridgehead atoms. The predicted octanol–water partition coefficient (Wildman–Crippen LogP) is 3.58. The second kappa shape index (κ2) is 6.83. The van der Waals surface area contributed by atoms with E-state index < -0.39 is 11.8 Å². The number of halogens is 1. The third-order valence-electron chi connectivity index (χ3n) is 3.28. The van der Waals surface area contributed by atoms with Crippen LogP contribution in [0.4, 0.5) is 4.39 Å². The molecule has 2 aromatic rings. The Kier molecular flexibility index (Phi) is 5.09. The van der Waals surface area contributed by atoms with Crippen molar-refractivity contribution in [2.75, 3.05) is 7.11 Å². The third-order valence-corrected chi connectivity index (χ3v) is 4.44. The van der Waals surface area contributed by atoms with E-state index in [1.165, 1.54) is 34.6 Å². The molecule has 0 spiro atoms. The van der Waals surface area contributed by atoms with Crippen molar-refractivity contribution in [3.63, 3.8) is 0 Å². The second-order valence-corrected chi connectivity index (χ2v) is 6.20. The standard InChI is InChI=1S/C16H18FNO2S/c1-10-6-13(21-11(10)2)9-18-8-12-4-5-14(15(17)7-12)16(19)20-3/h4-7,18H,8-9H2,1-3H3. The molecule has 1 aromatic carbocycles. The molecular weight excluding hydrogens is 289 g/mol. The fourth-order valence-electron chi connectivity index (χ4n) is 2.01. The smallest absolute Gasteiger partial charge is 0.340 e. The van der Waals surface area contributed by atoms with Crippen LogP contribution in [-0.2, 0) is 17.8 Å². The highest BCUT2D eigenvalue weighted by Crippen LogP contribution is 2.20. The summed E-state index contributed by atoms with van der Waals surface area (Å²) in [7, 11) is 1.24. The van der Waals surface area contributed by atoms with Crippen LogP contribution < -0.4 is 5.32 Å². The zero-order valence-electron chi connectivity index (χ0n) is 12.3. The first-order valence-corrected chi connectivity index (χ1v) is 7.46. The summed E-state index contributed by atoms with van der Waals surface area (Å²) in [5, 5.41) is 3.28. The van der Waals surface area contributed by atoms with E-state index in [0.29, 0.717) is 6.54 Å². The molecule has 0 fully saturated rings. The molecule has 0 saturated heterocycles. The third kappa shape index (κ3) is 3.89. The summed E-state index contributed by atoms with van der Waals surface area (Å²) in [4.78, 5) is 13.9. The van der Waals surface area contributed by atoms with Gasteiger partial charge in [0, 0.05) is 22.8 Å².